The molecular weight excluding hydrogens is 513 g/mol. The Balaban J connectivity index is -0.0000000112. The standard InChI is InChI=1S/Mg.2Nb.2H2O.4O.Pb.4H/h;;;2*1H2;;;;;;;;;/q+2;2*+1;;;;;;;;;;2*-1/p-2. The molecule has 0 unspecified atom stereocenters. The van der Waals surface area contributed by atoms with Gasteiger partial charge < -0.3 is 2.85 Å². The molecule has 0 aliphatic carbocycles. The van der Waals surface area contributed by atoms with E-state index in [1.165, 1.54) is 0 Å². The SMILES string of the molecule is [H-].[H-].[Mg+2].[O]=[Nb](=[O])[OH].[O]=[Nb](=[O])[OH].[PbH2]. The van der Waals surface area contributed by atoms with Crippen molar-refractivity contribution in [1.82, 2.24) is 0 Å². The Hall–Kier alpha value is 2.29. The summed E-state index contributed by atoms with van der Waals surface area (Å²) in [4.78, 5) is 0. The van der Waals surface area contributed by atoms with Gasteiger partial charge >= 0.3 is 108 Å². The van der Waals surface area contributed by atoms with Crippen LogP contribution in [0.3, 0.4) is 0 Å². The Morgan fingerprint density at radius 3 is 0.900 bits per heavy atom. The first-order chi connectivity index (χ1) is 3.46. The van der Waals surface area contributed by atoms with Crippen LogP contribution in [0.1, 0.15) is 2.85 Å². The van der Waals surface area contributed by atoms with Crippen LogP contribution in [0.2, 0.25) is 0 Å². The average molecular weight is 519 g/mol. The van der Waals surface area contributed by atoms with Crippen molar-refractivity contribution in [3.63, 3.8) is 0 Å². The van der Waals surface area contributed by atoms with E-state index in [-0.39, 0.29) is 53.2 Å². The molecule has 0 aromatic carbocycles. The number of rotatable bonds is 0. The van der Waals surface area contributed by atoms with Gasteiger partial charge in [0.25, 0.3) is 0 Å². The molecule has 0 rings (SSSR count). The minimum absolute atomic E-state index is 0. The molecule has 0 fully saturated rings. The van der Waals surface area contributed by atoms with Crippen molar-refractivity contribution in [2.24, 2.45) is 0 Å². The molecule has 2 radical (unpaired) electrons. The fourth-order valence-corrected chi connectivity index (χ4v) is 0. The molecule has 0 saturated carbocycles. The predicted octanol–water partition coefficient (Wildman–Crippen LogP) is -2.67. The summed E-state index contributed by atoms with van der Waals surface area (Å²) in [6.07, 6.45) is 0. The molecule has 0 aliphatic rings. The van der Waals surface area contributed by atoms with Crippen molar-refractivity contribution in [1.29, 1.82) is 0 Å². The van der Waals surface area contributed by atoms with E-state index in [4.69, 9.17) is 20.2 Å². The monoisotopic (exact) mass is 520 g/mol. The third-order valence-corrected chi connectivity index (χ3v) is 0. The van der Waals surface area contributed by atoms with Crippen molar-refractivity contribution in [3.05, 3.63) is 0 Å². The molecule has 0 spiro atoms. The summed E-state index contributed by atoms with van der Waals surface area (Å²) in [5, 5.41) is 0. The van der Waals surface area contributed by atoms with Gasteiger partial charge in [0, 0.05) is 0 Å². The molecular formula is H6MgNb2O6Pb. The van der Waals surface area contributed by atoms with Gasteiger partial charge in [0.15, 0.2) is 0 Å². The summed E-state index contributed by atoms with van der Waals surface area (Å²) < 4.78 is 49.1. The Bertz CT molecular complexity index is 140. The van der Waals surface area contributed by atoms with Gasteiger partial charge in [0.05, 0.1) is 0 Å². The summed E-state index contributed by atoms with van der Waals surface area (Å²) in [5.74, 6) is 0. The van der Waals surface area contributed by atoms with Crippen LogP contribution in [0.4, 0.5) is 0 Å². The summed E-state index contributed by atoms with van der Waals surface area (Å²) in [5.41, 5.74) is 0. The summed E-state index contributed by atoms with van der Waals surface area (Å²) >= 11 is -7.90. The molecule has 0 saturated heterocycles. The molecule has 0 bridgehead atoms. The van der Waals surface area contributed by atoms with E-state index in [1.807, 2.05) is 0 Å². The molecule has 10 heteroatoms. The minimum atomic E-state index is -3.95. The van der Waals surface area contributed by atoms with Crippen LogP contribution < -0.4 is 0 Å². The van der Waals surface area contributed by atoms with Gasteiger partial charge in [-0.3, -0.25) is 0 Å². The zero-order valence-electron chi connectivity index (χ0n) is 6.84. The van der Waals surface area contributed by atoms with Crippen LogP contribution in [0.15, 0.2) is 0 Å². The summed E-state index contributed by atoms with van der Waals surface area (Å²) in [6, 6.07) is 0. The Kier molecular flexibility index (Phi) is 39.6. The van der Waals surface area contributed by atoms with Crippen LogP contribution in [0.25, 0.3) is 0 Å². The van der Waals surface area contributed by atoms with Gasteiger partial charge in [-0.1, -0.05) is 0 Å². The van der Waals surface area contributed by atoms with Crippen LogP contribution in [0.5, 0.6) is 0 Å². The first-order valence-corrected chi connectivity index (χ1v) is 6.69. The maximum atomic E-state index is 8.71. The quantitative estimate of drug-likeness (QED) is 0.339. The van der Waals surface area contributed by atoms with Crippen LogP contribution in [-0.2, 0) is 50.6 Å². The zero-order chi connectivity index (χ0) is 7.15. The third kappa shape index (κ3) is 169. The number of hydrogen-bond donors (Lipinski definition) is 2. The molecule has 10 heavy (non-hydrogen) atoms. The van der Waals surface area contributed by atoms with Gasteiger partial charge in [-0.05, 0) is 0 Å². The molecule has 0 aliphatic heterocycles. The van der Waals surface area contributed by atoms with E-state index in [9.17, 15) is 0 Å². The van der Waals surface area contributed by atoms with Gasteiger partial charge in [0.2, 0.25) is 0 Å². The van der Waals surface area contributed by atoms with Crippen molar-refractivity contribution >= 4 is 50.4 Å². The van der Waals surface area contributed by atoms with Crippen LogP contribution >= 0.6 is 0 Å². The fourth-order valence-electron chi connectivity index (χ4n) is 0. The predicted molar refractivity (Wildman–Crippen MR) is 23.7 cm³/mol. The Labute approximate surface area is 109 Å². The second-order valence-electron chi connectivity index (χ2n) is 0.476. The average Bonchev–Trinajstić information content (AvgIpc) is 1.25. The Morgan fingerprint density at radius 1 is 0.900 bits per heavy atom. The van der Waals surface area contributed by atoms with Gasteiger partial charge in [-0.2, -0.15) is 0 Å². The van der Waals surface area contributed by atoms with Gasteiger partial charge in [-0.15, -0.1) is 0 Å². The van der Waals surface area contributed by atoms with E-state index >= 15 is 0 Å². The molecule has 0 aromatic rings. The first-order valence-electron chi connectivity index (χ1n) is 1.13. The van der Waals surface area contributed by atoms with Gasteiger partial charge in [0.1, 0.15) is 0 Å². The molecule has 0 atom stereocenters. The fraction of sp³-hybridized carbons (Fsp3) is 0. The van der Waals surface area contributed by atoms with E-state index < -0.39 is 37.6 Å². The maximum absolute atomic E-state index is 8.71. The van der Waals surface area contributed by atoms with Crippen molar-refractivity contribution in [3.8, 4) is 0 Å². The normalized spacial score (nSPS) is 5.00. The molecule has 0 aromatic heterocycles. The summed E-state index contributed by atoms with van der Waals surface area (Å²) in [7, 11) is 0. The molecule has 0 amide bonds. The molecule has 2 N–H and O–H groups in total. The topological polar surface area (TPSA) is 109 Å². The van der Waals surface area contributed by atoms with Crippen molar-refractivity contribution in [2.75, 3.05) is 0 Å². The van der Waals surface area contributed by atoms with Crippen LogP contribution in [0, 0.1) is 0 Å². The molecule has 0 heterocycles. The van der Waals surface area contributed by atoms with E-state index in [2.05, 4.69) is 0 Å². The second-order valence-corrected chi connectivity index (χ2v) is 2.81. The van der Waals surface area contributed by atoms with Gasteiger partial charge in [-0.25, -0.2) is 0 Å². The third-order valence-electron chi connectivity index (χ3n) is 0. The van der Waals surface area contributed by atoms with Crippen LogP contribution in [-0.4, -0.2) is 57.6 Å². The van der Waals surface area contributed by atoms with E-state index in [1.54, 1.807) is 0 Å². The van der Waals surface area contributed by atoms with E-state index in [0.717, 1.165) is 0 Å². The Morgan fingerprint density at radius 2 is 0.900 bits per heavy atom. The van der Waals surface area contributed by atoms with E-state index in [0.29, 0.717) is 0 Å². The first kappa shape index (κ1) is 22.8. The van der Waals surface area contributed by atoms with Crippen molar-refractivity contribution in [2.45, 2.75) is 0 Å². The number of hydrogen-bond acceptors (Lipinski definition) is 4. The van der Waals surface area contributed by atoms with Crippen molar-refractivity contribution < 1.29 is 60.7 Å². The summed E-state index contributed by atoms with van der Waals surface area (Å²) in [6.45, 7) is 0. The molecule has 58 valence electrons. The zero-order valence-corrected chi connectivity index (χ0v) is 16.1. The molecule has 6 nitrogen and oxygen atoms in total. The second kappa shape index (κ2) is 17.4.